The Kier molecular flexibility index (Phi) is 10.4. The van der Waals surface area contributed by atoms with Crippen LogP contribution in [0.5, 0.6) is 5.75 Å². The summed E-state index contributed by atoms with van der Waals surface area (Å²) in [6.07, 6.45) is 1.83. The van der Waals surface area contributed by atoms with Crippen molar-refractivity contribution in [2.24, 2.45) is 0 Å². The van der Waals surface area contributed by atoms with Gasteiger partial charge in [0, 0.05) is 24.3 Å². The van der Waals surface area contributed by atoms with Gasteiger partial charge in [-0.2, -0.15) is 0 Å². The number of rotatable bonds is 14. The number of nitrogens with one attached hydrogen (secondary N) is 1. The Morgan fingerprint density at radius 3 is 2.28 bits per heavy atom. The number of nitrogens with zero attached hydrogens (tertiary/aromatic N) is 1. The number of hydrogen-bond donors (Lipinski definition) is 3. The summed E-state index contributed by atoms with van der Waals surface area (Å²) in [5, 5.41) is 21.6. The highest BCUT2D eigenvalue weighted by molar-refractivity contribution is 7.91. The zero-order valence-electron chi connectivity index (χ0n) is 23.2. The van der Waals surface area contributed by atoms with Crippen LogP contribution in [0.4, 0.5) is 0 Å². The van der Waals surface area contributed by atoms with Gasteiger partial charge in [0.05, 0.1) is 17.5 Å². The van der Waals surface area contributed by atoms with Crippen LogP contribution < -0.4 is 10.1 Å². The molecule has 9 heteroatoms. The van der Waals surface area contributed by atoms with Crippen LogP contribution in [0.25, 0.3) is 0 Å². The van der Waals surface area contributed by atoms with E-state index in [-0.39, 0.29) is 30.4 Å². The summed E-state index contributed by atoms with van der Waals surface area (Å²) < 4.78 is 33.1. The third-order valence-corrected chi connectivity index (χ3v) is 8.88. The molecule has 0 saturated carbocycles. The van der Waals surface area contributed by atoms with Gasteiger partial charge in [0.25, 0.3) is 5.91 Å². The van der Waals surface area contributed by atoms with Gasteiger partial charge in [0.15, 0.2) is 5.94 Å². The smallest absolute Gasteiger partial charge is 0.268 e. The SMILES string of the molecule is CCn1c(C(=O)N[C@H](CO)CCO)ccc1C(CC)(CC)c1ccc(OCS(=O)(=O)c2ccccc2)c(C)c1. The third kappa shape index (κ3) is 6.54. The number of aromatic nitrogens is 1. The highest BCUT2D eigenvalue weighted by Crippen LogP contribution is 2.41. The third-order valence-electron chi connectivity index (χ3n) is 7.46. The van der Waals surface area contributed by atoms with Crippen LogP contribution in [0.3, 0.4) is 0 Å². The van der Waals surface area contributed by atoms with Gasteiger partial charge in [-0.3, -0.25) is 4.79 Å². The average molecular weight is 557 g/mol. The first kappa shape index (κ1) is 30.4. The minimum absolute atomic E-state index is 0.127. The molecule has 0 fully saturated rings. The van der Waals surface area contributed by atoms with Crippen LogP contribution in [0.2, 0.25) is 0 Å². The van der Waals surface area contributed by atoms with E-state index in [9.17, 15) is 23.4 Å². The van der Waals surface area contributed by atoms with Gasteiger partial charge in [0.1, 0.15) is 11.4 Å². The number of carbonyl (C=O) groups is 1. The second-order valence-electron chi connectivity index (χ2n) is 9.67. The molecule has 3 N–H and O–H groups in total. The molecule has 0 unspecified atom stereocenters. The first-order valence-corrected chi connectivity index (χ1v) is 15.1. The molecular formula is C30H40N2O6S. The van der Waals surface area contributed by atoms with Crippen molar-refractivity contribution in [1.82, 2.24) is 9.88 Å². The Morgan fingerprint density at radius 2 is 1.72 bits per heavy atom. The molecule has 0 bridgehead atoms. The number of carbonyl (C=O) groups excluding carboxylic acids is 1. The Morgan fingerprint density at radius 1 is 1.03 bits per heavy atom. The molecule has 1 atom stereocenters. The van der Waals surface area contributed by atoms with E-state index in [1.165, 1.54) is 0 Å². The molecule has 0 spiro atoms. The topological polar surface area (TPSA) is 118 Å². The summed E-state index contributed by atoms with van der Waals surface area (Å²) in [4.78, 5) is 13.3. The lowest BCUT2D eigenvalue weighted by Crippen LogP contribution is -2.39. The molecule has 1 heterocycles. The number of hydrogen-bond acceptors (Lipinski definition) is 6. The second kappa shape index (κ2) is 13.3. The molecule has 0 aliphatic heterocycles. The Labute approximate surface area is 231 Å². The normalized spacial score (nSPS) is 12.8. The van der Waals surface area contributed by atoms with E-state index in [2.05, 4.69) is 19.2 Å². The van der Waals surface area contributed by atoms with Crippen molar-refractivity contribution in [2.75, 3.05) is 19.2 Å². The van der Waals surface area contributed by atoms with Gasteiger partial charge in [0.2, 0.25) is 9.84 Å². The summed E-state index contributed by atoms with van der Waals surface area (Å²) in [7, 11) is -3.59. The zero-order chi connectivity index (χ0) is 28.6. The Balaban J connectivity index is 1.92. The van der Waals surface area contributed by atoms with Gasteiger partial charge in [-0.1, -0.05) is 44.2 Å². The van der Waals surface area contributed by atoms with Crippen molar-refractivity contribution in [3.05, 3.63) is 83.2 Å². The highest BCUT2D eigenvalue weighted by atomic mass is 32.2. The molecule has 3 aromatic rings. The summed E-state index contributed by atoms with van der Waals surface area (Å²) >= 11 is 0. The minimum atomic E-state index is -3.59. The highest BCUT2D eigenvalue weighted by Gasteiger charge is 2.35. The minimum Gasteiger partial charge on any atom is -0.477 e. The van der Waals surface area contributed by atoms with Crippen LogP contribution in [-0.2, 0) is 21.8 Å². The molecule has 39 heavy (non-hydrogen) atoms. The van der Waals surface area contributed by atoms with Crippen molar-refractivity contribution in [3.63, 3.8) is 0 Å². The fraction of sp³-hybridized carbons (Fsp3) is 0.433. The fourth-order valence-corrected chi connectivity index (χ4v) is 6.15. The Hall–Kier alpha value is -3.14. The molecule has 0 radical (unpaired) electrons. The Bertz CT molecular complexity index is 1350. The summed E-state index contributed by atoms with van der Waals surface area (Å²) in [6, 6.07) is 17.3. The largest absolute Gasteiger partial charge is 0.477 e. The van der Waals surface area contributed by atoms with Crippen molar-refractivity contribution in [2.45, 2.75) is 69.9 Å². The molecule has 0 aliphatic rings. The van der Waals surface area contributed by atoms with E-state index in [1.54, 1.807) is 36.4 Å². The maximum atomic E-state index is 13.1. The van der Waals surface area contributed by atoms with Crippen LogP contribution in [-0.4, -0.2) is 54.3 Å². The van der Waals surface area contributed by atoms with E-state index in [0.717, 1.165) is 29.7 Å². The van der Waals surface area contributed by atoms with Crippen molar-refractivity contribution >= 4 is 15.7 Å². The van der Waals surface area contributed by atoms with Gasteiger partial charge in [-0.25, -0.2) is 8.42 Å². The number of ether oxygens (including phenoxy) is 1. The number of aliphatic hydroxyl groups is 2. The number of sulfone groups is 1. The monoisotopic (exact) mass is 556 g/mol. The molecule has 212 valence electrons. The summed E-state index contributed by atoms with van der Waals surface area (Å²) in [5.41, 5.74) is 2.98. The average Bonchev–Trinajstić information content (AvgIpc) is 3.38. The van der Waals surface area contributed by atoms with Crippen molar-refractivity contribution in [3.8, 4) is 5.75 Å². The van der Waals surface area contributed by atoms with Gasteiger partial charge < -0.3 is 24.8 Å². The van der Waals surface area contributed by atoms with Crippen molar-refractivity contribution in [1.29, 1.82) is 0 Å². The molecule has 2 aromatic carbocycles. The van der Waals surface area contributed by atoms with Crippen LogP contribution in [0.1, 0.15) is 67.3 Å². The predicted octanol–water partition coefficient (Wildman–Crippen LogP) is 4.21. The van der Waals surface area contributed by atoms with E-state index < -0.39 is 27.2 Å². The standard InChI is InChI=1S/C30H40N2O6S/c1-5-30(6-2,28-16-14-26(32(28)7-3)29(35)31-24(20-34)17-18-33)23-13-15-27(22(4)19-23)38-21-39(36,37)25-11-9-8-10-12-25/h8-16,19,24,33-34H,5-7,17-18,20-21H2,1-4H3,(H,31,35)/t24-/m0/s1. The number of aryl methyl sites for hydroxylation is 1. The van der Waals surface area contributed by atoms with E-state index >= 15 is 0 Å². The number of aliphatic hydroxyl groups excluding tert-OH is 2. The zero-order valence-corrected chi connectivity index (χ0v) is 24.0. The molecular weight excluding hydrogens is 516 g/mol. The maximum absolute atomic E-state index is 13.1. The lowest BCUT2D eigenvalue weighted by Gasteiger charge is -2.34. The number of benzene rings is 2. The first-order valence-electron chi connectivity index (χ1n) is 13.4. The lowest BCUT2D eigenvalue weighted by molar-refractivity contribution is 0.0894. The second-order valence-corrected chi connectivity index (χ2v) is 11.6. The van der Waals surface area contributed by atoms with Crippen molar-refractivity contribution < 1.29 is 28.2 Å². The summed E-state index contributed by atoms with van der Waals surface area (Å²) in [5.74, 6) is -0.243. The quantitative estimate of drug-likeness (QED) is 0.274. The first-order chi connectivity index (χ1) is 18.7. The van der Waals surface area contributed by atoms with E-state index in [4.69, 9.17) is 4.74 Å². The molecule has 0 aliphatic carbocycles. The van der Waals surface area contributed by atoms with Crippen LogP contribution in [0, 0.1) is 6.92 Å². The maximum Gasteiger partial charge on any atom is 0.268 e. The molecule has 0 saturated heterocycles. The summed E-state index contributed by atoms with van der Waals surface area (Å²) in [6.45, 7) is 8.32. The molecule has 8 nitrogen and oxygen atoms in total. The molecule has 1 amide bonds. The van der Waals surface area contributed by atoms with Gasteiger partial charge in [-0.05, 0) is 74.6 Å². The van der Waals surface area contributed by atoms with Crippen LogP contribution in [0.15, 0.2) is 65.6 Å². The van der Waals surface area contributed by atoms with Gasteiger partial charge in [-0.15, -0.1) is 0 Å². The van der Waals surface area contributed by atoms with E-state index in [0.29, 0.717) is 18.0 Å². The lowest BCUT2D eigenvalue weighted by atomic mass is 9.72. The van der Waals surface area contributed by atoms with Crippen LogP contribution >= 0.6 is 0 Å². The number of amides is 1. The van der Waals surface area contributed by atoms with Gasteiger partial charge >= 0.3 is 0 Å². The molecule has 1 aromatic heterocycles. The molecule has 3 rings (SSSR count). The van der Waals surface area contributed by atoms with E-state index in [1.807, 2.05) is 42.7 Å². The predicted molar refractivity (Wildman–Crippen MR) is 152 cm³/mol. The fourth-order valence-electron chi connectivity index (χ4n) is 5.16.